The van der Waals surface area contributed by atoms with Crippen LogP contribution in [0.3, 0.4) is 0 Å². The molecule has 0 spiro atoms. The zero-order valence-corrected chi connectivity index (χ0v) is 30.8. The summed E-state index contributed by atoms with van der Waals surface area (Å²) in [6, 6.07) is 83.1. The highest BCUT2D eigenvalue weighted by molar-refractivity contribution is 6.09. The largest absolute Gasteiger partial charge is 0.310 e. The molecule has 2 heteroatoms. The van der Waals surface area contributed by atoms with Gasteiger partial charge in [-0.25, -0.2) is 0 Å². The minimum Gasteiger partial charge on any atom is -0.310 e. The molecule has 0 fully saturated rings. The van der Waals surface area contributed by atoms with E-state index in [0.717, 1.165) is 39.4 Å². The van der Waals surface area contributed by atoms with Gasteiger partial charge in [0.05, 0.1) is 22.4 Å². The Morgan fingerprint density at radius 1 is 0.286 bits per heavy atom. The molecule has 0 bridgehead atoms. The van der Waals surface area contributed by atoms with E-state index in [2.05, 4.69) is 240 Å². The van der Waals surface area contributed by atoms with Gasteiger partial charge in [-0.1, -0.05) is 176 Å². The molecular formula is C54H38N2. The minimum absolute atomic E-state index is 1.09. The summed E-state index contributed by atoms with van der Waals surface area (Å²) in [5.74, 6) is 0. The van der Waals surface area contributed by atoms with Crippen LogP contribution in [0, 0.1) is 0 Å². The SMILES string of the molecule is c1ccc(-c2ccc(N(c3ccc(-c4ccccc4)cc3)c3ccc(-c4ccccc4-n4c5ccccc5c5ccccc54)cc3-c3ccccc3)cc2)cc1. The Balaban J connectivity index is 1.16. The fraction of sp³-hybridized carbons (Fsp3) is 0. The lowest BCUT2D eigenvalue weighted by molar-refractivity contribution is 1.18. The third-order valence-corrected chi connectivity index (χ3v) is 10.8. The smallest absolute Gasteiger partial charge is 0.0541 e. The monoisotopic (exact) mass is 714 g/mol. The molecule has 1 aromatic heterocycles. The Bertz CT molecular complexity index is 2790. The summed E-state index contributed by atoms with van der Waals surface area (Å²) in [5, 5.41) is 2.51. The molecule has 2 nitrogen and oxygen atoms in total. The molecule has 0 amide bonds. The third-order valence-electron chi connectivity index (χ3n) is 10.8. The molecule has 1 heterocycles. The highest BCUT2D eigenvalue weighted by atomic mass is 15.1. The van der Waals surface area contributed by atoms with Gasteiger partial charge in [0.1, 0.15) is 0 Å². The number of nitrogens with zero attached hydrogens (tertiary/aromatic N) is 2. The number of hydrogen-bond acceptors (Lipinski definition) is 1. The van der Waals surface area contributed by atoms with Crippen molar-refractivity contribution in [2.24, 2.45) is 0 Å². The lowest BCUT2D eigenvalue weighted by atomic mass is 9.95. The van der Waals surface area contributed by atoms with E-state index in [1.165, 1.54) is 49.6 Å². The van der Waals surface area contributed by atoms with Crippen molar-refractivity contribution in [3.05, 3.63) is 231 Å². The zero-order chi connectivity index (χ0) is 37.3. The molecule has 0 unspecified atom stereocenters. The van der Waals surface area contributed by atoms with Gasteiger partial charge in [0.2, 0.25) is 0 Å². The van der Waals surface area contributed by atoms with E-state index in [1.807, 2.05) is 0 Å². The number of para-hydroxylation sites is 3. The molecule has 0 atom stereocenters. The van der Waals surface area contributed by atoms with Crippen molar-refractivity contribution in [1.82, 2.24) is 4.57 Å². The van der Waals surface area contributed by atoms with Crippen LogP contribution in [-0.2, 0) is 0 Å². The number of anilines is 3. The number of hydrogen-bond donors (Lipinski definition) is 0. The average molecular weight is 715 g/mol. The standard InChI is InChI=1S/C54H38N2/c1-4-16-39(17-5-1)41-28-33-45(34-29-41)55(46-35-30-42(31-36-46)40-18-6-2-7-19-40)54-37-32-44(38-50(54)43-20-8-3-9-21-43)47-22-10-13-25-51(47)56-52-26-14-11-23-48(52)49-24-12-15-27-53(49)56/h1-38H. The minimum atomic E-state index is 1.09. The summed E-state index contributed by atoms with van der Waals surface area (Å²) >= 11 is 0. The average Bonchev–Trinajstić information content (AvgIpc) is 3.62. The quantitative estimate of drug-likeness (QED) is 0.152. The highest BCUT2D eigenvalue weighted by Crippen LogP contribution is 2.45. The van der Waals surface area contributed by atoms with Crippen LogP contribution in [0.5, 0.6) is 0 Å². The molecule has 10 rings (SSSR count). The summed E-state index contributed by atoms with van der Waals surface area (Å²) in [6.07, 6.45) is 0. The Morgan fingerprint density at radius 2 is 0.696 bits per heavy atom. The van der Waals surface area contributed by atoms with Gasteiger partial charge in [0, 0.05) is 33.3 Å². The zero-order valence-electron chi connectivity index (χ0n) is 30.8. The summed E-state index contributed by atoms with van der Waals surface area (Å²) in [6.45, 7) is 0. The molecule has 56 heavy (non-hydrogen) atoms. The van der Waals surface area contributed by atoms with Crippen LogP contribution < -0.4 is 4.90 Å². The van der Waals surface area contributed by atoms with Crippen molar-refractivity contribution >= 4 is 38.9 Å². The van der Waals surface area contributed by atoms with Gasteiger partial charge >= 0.3 is 0 Å². The van der Waals surface area contributed by atoms with E-state index in [-0.39, 0.29) is 0 Å². The molecular weight excluding hydrogens is 677 g/mol. The molecule has 0 saturated carbocycles. The molecule has 0 aliphatic heterocycles. The van der Waals surface area contributed by atoms with Crippen LogP contribution in [-0.4, -0.2) is 4.57 Å². The second-order valence-corrected chi connectivity index (χ2v) is 14.1. The Labute approximate surface area is 327 Å². The first-order valence-corrected chi connectivity index (χ1v) is 19.2. The second-order valence-electron chi connectivity index (χ2n) is 14.1. The summed E-state index contributed by atoms with van der Waals surface area (Å²) in [7, 11) is 0. The molecule has 9 aromatic carbocycles. The van der Waals surface area contributed by atoms with Crippen LogP contribution in [0.15, 0.2) is 231 Å². The number of benzene rings is 9. The number of aromatic nitrogens is 1. The van der Waals surface area contributed by atoms with E-state index >= 15 is 0 Å². The molecule has 0 N–H and O–H groups in total. The summed E-state index contributed by atoms with van der Waals surface area (Å²) in [4.78, 5) is 2.40. The first-order chi connectivity index (χ1) is 27.8. The van der Waals surface area contributed by atoms with Gasteiger partial charge in [-0.2, -0.15) is 0 Å². The predicted octanol–water partition coefficient (Wildman–Crippen LogP) is 14.9. The third kappa shape index (κ3) is 6.04. The first kappa shape index (κ1) is 33.2. The Kier molecular flexibility index (Phi) is 8.55. The second kappa shape index (κ2) is 14.4. The maximum absolute atomic E-state index is 2.42. The summed E-state index contributed by atoms with van der Waals surface area (Å²) in [5.41, 5.74) is 16.3. The van der Waals surface area contributed by atoms with Gasteiger partial charge in [-0.15, -0.1) is 0 Å². The Morgan fingerprint density at radius 3 is 1.23 bits per heavy atom. The van der Waals surface area contributed by atoms with E-state index in [4.69, 9.17) is 0 Å². The van der Waals surface area contributed by atoms with Gasteiger partial charge < -0.3 is 9.47 Å². The fourth-order valence-electron chi connectivity index (χ4n) is 8.14. The van der Waals surface area contributed by atoms with Crippen molar-refractivity contribution in [3.63, 3.8) is 0 Å². The van der Waals surface area contributed by atoms with Crippen LogP contribution >= 0.6 is 0 Å². The molecule has 0 saturated heterocycles. The van der Waals surface area contributed by atoms with Gasteiger partial charge in [-0.3, -0.25) is 0 Å². The number of rotatable bonds is 8. The fourth-order valence-corrected chi connectivity index (χ4v) is 8.14. The van der Waals surface area contributed by atoms with Gasteiger partial charge in [0.15, 0.2) is 0 Å². The molecule has 0 radical (unpaired) electrons. The molecule has 0 aliphatic carbocycles. The van der Waals surface area contributed by atoms with Crippen molar-refractivity contribution in [2.45, 2.75) is 0 Å². The topological polar surface area (TPSA) is 8.17 Å². The molecule has 264 valence electrons. The van der Waals surface area contributed by atoms with Crippen LogP contribution in [0.1, 0.15) is 0 Å². The van der Waals surface area contributed by atoms with Crippen molar-refractivity contribution < 1.29 is 0 Å². The molecule has 0 aliphatic rings. The lowest BCUT2D eigenvalue weighted by Crippen LogP contribution is -2.11. The van der Waals surface area contributed by atoms with Crippen molar-refractivity contribution in [1.29, 1.82) is 0 Å². The van der Waals surface area contributed by atoms with Crippen LogP contribution in [0.4, 0.5) is 17.1 Å². The normalized spacial score (nSPS) is 11.2. The molecule has 10 aromatic rings. The van der Waals surface area contributed by atoms with Crippen molar-refractivity contribution in [3.8, 4) is 50.2 Å². The van der Waals surface area contributed by atoms with E-state index in [1.54, 1.807) is 0 Å². The van der Waals surface area contributed by atoms with Crippen LogP contribution in [0.2, 0.25) is 0 Å². The Hall–Kier alpha value is -7.42. The maximum atomic E-state index is 2.42. The van der Waals surface area contributed by atoms with E-state index in [9.17, 15) is 0 Å². The first-order valence-electron chi connectivity index (χ1n) is 19.2. The lowest BCUT2D eigenvalue weighted by Gasteiger charge is -2.29. The van der Waals surface area contributed by atoms with Gasteiger partial charge in [-0.05, 0) is 88.0 Å². The predicted molar refractivity (Wildman–Crippen MR) is 237 cm³/mol. The highest BCUT2D eigenvalue weighted by Gasteiger charge is 2.21. The summed E-state index contributed by atoms with van der Waals surface area (Å²) < 4.78 is 2.42. The van der Waals surface area contributed by atoms with Crippen LogP contribution in [0.25, 0.3) is 72.0 Å². The van der Waals surface area contributed by atoms with E-state index < -0.39 is 0 Å². The van der Waals surface area contributed by atoms with E-state index in [0.29, 0.717) is 0 Å². The number of fused-ring (bicyclic) bond motifs is 3. The maximum Gasteiger partial charge on any atom is 0.0541 e. The van der Waals surface area contributed by atoms with Gasteiger partial charge in [0.25, 0.3) is 0 Å². The van der Waals surface area contributed by atoms with Crippen molar-refractivity contribution in [2.75, 3.05) is 4.90 Å².